The summed E-state index contributed by atoms with van der Waals surface area (Å²) >= 11 is 0. The van der Waals surface area contributed by atoms with Gasteiger partial charge in [0.1, 0.15) is 11.9 Å². The third-order valence-electron chi connectivity index (χ3n) is 4.18. The molecule has 3 nitrogen and oxygen atoms in total. The zero-order valence-electron chi connectivity index (χ0n) is 12.5. The second-order valence-electron chi connectivity index (χ2n) is 5.87. The topological polar surface area (TPSA) is 48.1 Å². The van der Waals surface area contributed by atoms with Crippen LogP contribution < -0.4 is 10.5 Å². The largest absolute Gasteiger partial charge is 0.488 e. The Bertz CT molecular complexity index is 857. The van der Waals surface area contributed by atoms with E-state index < -0.39 is 0 Å². The highest BCUT2D eigenvalue weighted by atomic mass is 16.5. The van der Waals surface area contributed by atoms with E-state index in [1.54, 1.807) is 0 Å². The molecule has 1 aliphatic rings. The summed E-state index contributed by atoms with van der Waals surface area (Å²) in [6, 6.07) is 16.7. The molecule has 0 saturated heterocycles. The van der Waals surface area contributed by atoms with Gasteiger partial charge in [-0.1, -0.05) is 30.3 Å². The number of nitrogens with two attached hydrogens (primary N) is 1. The van der Waals surface area contributed by atoms with E-state index in [4.69, 9.17) is 15.5 Å². The fourth-order valence-corrected chi connectivity index (χ4v) is 3.13. The van der Waals surface area contributed by atoms with Gasteiger partial charge in [0.15, 0.2) is 0 Å². The second kappa shape index (κ2) is 5.11. The number of ether oxygens (including phenoxy) is 1. The van der Waals surface area contributed by atoms with E-state index in [1.807, 2.05) is 18.2 Å². The Morgan fingerprint density at radius 1 is 1.18 bits per heavy atom. The normalized spacial score (nSPS) is 16.5. The average Bonchev–Trinajstić information content (AvgIpc) is 2.96. The highest BCUT2D eigenvalue weighted by molar-refractivity contribution is 5.83. The van der Waals surface area contributed by atoms with Crippen molar-refractivity contribution in [3.63, 3.8) is 0 Å². The van der Waals surface area contributed by atoms with Crippen LogP contribution >= 0.6 is 0 Å². The summed E-state index contributed by atoms with van der Waals surface area (Å²) in [5.74, 6) is 0.948. The molecule has 4 rings (SSSR count). The standard InChI is InChI=1S/C19H18N2O/c1-12-8-14-10-15(11-20)22-19(14)16(9-12)18-7-6-13-4-2-3-5-17(13)21-18/h2-9,15H,10-11,20H2,1H3. The van der Waals surface area contributed by atoms with E-state index in [0.717, 1.165) is 34.3 Å². The average molecular weight is 290 g/mol. The smallest absolute Gasteiger partial charge is 0.132 e. The maximum absolute atomic E-state index is 6.04. The number of rotatable bonds is 2. The van der Waals surface area contributed by atoms with Crippen LogP contribution in [-0.2, 0) is 6.42 Å². The Morgan fingerprint density at radius 3 is 2.91 bits per heavy atom. The van der Waals surface area contributed by atoms with E-state index in [9.17, 15) is 0 Å². The number of hydrogen-bond acceptors (Lipinski definition) is 3. The van der Waals surface area contributed by atoms with Crippen LogP contribution in [0, 0.1) is 6.92 Å². The molecule has 2 aromatic carbocycles. The van der Waals surface area contributed by atoms with Gasteiger partial charge in [-0.3, -0.25) is 0 Å². The van der Waals surface area contributed by atoms with Crippen LogP contribution in [0.3, 0.4) is 0 Å². The van der Waals surface area contributed by atoms with Crippen LogP contribution in [0.1, 0.15) is 11.1 Å². The van der Waals surface area contributed by atoms with Gasteiger partial charge < -0.3 is 10.5 Å². The quantitative estimate of drug-likeness (QED) is 0.786. The maximum Gasteiger partial charge on any atom is 0.132 e. The van der Waals surface area contributed by atoms with E-state index in [2.05, 4.69) is 37.3 Å². The van der Waals surface area contributed by atoms with Gasteiger partial charge in [0.25, 0.3) is 0 Å². The molecule has 2 N–H and O–H groups in total. The molecule has 0 fully saturated rings. The Hall–Kier alpha value is -2.39. The van der Waals surface area contributed by atoms with Crippen molar-refractivity contribution in [2.75, 3.05) is 6.54 Å². The van der Waals surface area contributed by atoms with E-state index in [1.165, 1.54) is 11.1 Å². The number of para-hydroxylation sites is 1. The molecule has 2 heterocycles. The van der Waals surface area contributed by atoms with Gasteiger partial charge >= 0.3 is 0 Å². The molecule has 3 heteroatoms. The highest BCUT2D eigenvalue weighted by Gasteiger charge is 2.25. The van der Waals surface area contributed by atoms with Crippen LogP contribution in [-0.4, -0.2) is 17.6 Å². The number of hydrogen-bond donors (Lipinski definition) is 1. The molecule has 1 aliphatic heterocycles. The first-order chi connectivity index (χ1) is 10.7. The lowest BCUT2D eigenvalue weighted by molar-refractivity contribution is 0.242. The SMILES string of the molecule is Cc1cc2c(c(-c3ccc4ccccc4n3)c1)OC(CN)C2. The molecule has 0 amide bonds. The monoisotopic (exact) mass is 290 g/mol. The maximum atomic E-state index is 6.04. The molecular formula is C19H18N2O. The molecular weight excluding hydrogens is 272 g/mol. The molecule has 3 aromatic rings. The predicted octanol–water partition coefficient (Wildman–Crippen LogP) is 3.47. The Labute approximate surface area is 129 Å². The molecule has 0 radical (unpaired) electrons. The van der Waals surface area contributed by atoms with Crippen molar-refractivity contribution >= 4 is 10.9 Å². The van der Waals surface area contributed by atoms with Crippen LogP contribution in [0.4, 0.5) is 0 Å². The van der Waals surface area contributed by atoms with Crippen molar-refractivity contribution < 1.29 is 4.74 Å². The highest BCUT2D eigenvalue weighted by Crippen LogP contribution is 2.39. The Morgan fingerprint density at radius 2 is 2.05 bits per heavy atom. The third kappa shape index (κ3) is 2.14. The van der Waals surface area contributed by atoms with E-state index in [-0.39, 0.29) is 6.10 Å². The first-order valence-corrected chi connectivity index (χ1v) is 7.61. The summed E-state index contributed by atoms with van der Waals surface area (Å²) in [7, 11) is 0. The molecule has 1 aromatic heterocycles. The number of pyridine rings is 1. The van der Waals surface area contributed by atoms with Crippen LogP contribution in [0.2, 0.25) is 0 Å². The van der Waals surface area contributed by atoms with Gasteiger partial charge in [-0.15, -0.1) is 0 Å². The predicted molar refractivity (Wildman–Crippen MR) is 89.1 cm³/mol. The minimum Gasteiger partial charge on any atom is -0.488 e. The zero-order valence-corrected chi connectivity index (χ0v) is 12.5. The molecule has 110 valence electrons. The molecule has 1 unspecified atom stereocenters. The van der Waals surface area contributed by atoms with Gasteiger partial charge in [0.2, 0.25) is 0 Å². The lowest BCUT2D eigenvalue weighted by Crippen LogP contribution is -2.24. The van der Waals surface area contributed by atoms with Gasteiger partial charge in [0, 0.05) is 23.9 Å². The minimum atomic E-state index is 0.0796. The molecule has 0 bridgehead atoms. The van der Waals surface area contributed by atoms with Crippen LogP contribution in [0.15, 0.2) is 48.5 Å². The minimum absolute atomic E-state index is 0.0796. The van der Waals surface area contributed by atoms with Crippen molar-refractivity contribution in [2.45, 2.75) is 19.4 Å². The third-order valence-corrected chi connectivity index (χ3v) is 4.18. The molecule has 22 heavy (non-hydrogen) atoms. The Kier molecular flexibility index (Phi) is 3.09. The summed E-state index contributed by atoms with van der Waals surface area (Å²) in [5.41, 5.74) is 11.3. The molecule has 0 saturated carbocycles. The van der Waals surface area contributed by atoms with Gasteiger partial charge in [-0.2, -0.15) is 0 Å². The van der Waals surface area contributed by atoms with Crippen molar-refractivity contribution in [2.24, 2.45) is 5.73 Å². The lowest BCUT2D eigenvalue weighted by atomic mass is 10.00. The summed E-state index contributed by atoms with van der Waals surface area (Å²) in [4.78, 5) is 4.80. The molecule has 1 atom stereocenters. The van der Waals surface area contributed by atoms with Gasteiger partial charge in [-0.05, 0) is 36.2 Å². The lowest BCUT2D eigenvalue weighted by Gasteiger charge is -2.12. The summed E-state index contributed by atoms with van der Waals surface area (Å²) in [6.45, 7) is 2.65. The molecule has 0 spiro atoms. The van der Waals surface area contributed by atoms with Gasteiger partial charge in [0.05, 0.1) is 11.2 Å². The summed E-state index contributed by atoms with van der Waals surface area (Å²) in [6.07, 6.45) is 0.963. The second-order valence-corrected chi connectivity index (χ2v) is 5.87. The summed E-state index contributed by atoms with van der Waals surface area (Å²) < 4.78 is 6.04. The number of aryl methyl sites for hydroxylation is 1. The molecule has 0 aliphatic carbocycles. The van der Waals surface area contributed by atoms with E-state index >= 15 is 0 Å². The van der Waals surface area contributed by atoms with Crippen molar-refractivity contribution in [1.29, 1.82) is 0 Å². The first-order valence-electron chi connectivity index (χ1n) is 7.61. The fourth-order valence-electron chi connectivity index (χ4n) is 3.13. The fraction of sp³-hybridized carbons (Fsp3) is 0.211. The van der Waals surface area contributed by atoms with Crippen molar-refractivity contribution in [1.82, 2.24) is 4.98 Å². The van der Waals surface area contributed by atoms with Gasteiger partial charge in [-0.25, -0.2) is 4.98 Å². The zero-order chi connectivity index (χ0) is 15.1. The number of aromatic nitrogens is 1. The van der Waals surface area contributed by atoms with Crippen LogP contribution in [0.25, 0.3) is 22.2 Å². The summed E-state index contributed by atoms with van der Waals surface area (Å²) in [5, 5.41) is 1.15. The Balaban J connectivity index is 1.88. The number of nitrogens with zero attached hydrogens (tertiary/aromatic N) is 1. The van der Waals surface area contributed by atoms with E-state index in [0.29, 0.717) is 6.54 Å². The first kappa shape index (κ1) is 13.3. The number of fused-ring (bicyclic) bond motifs is 2. The van der Waals surface area contributed by atoms with Crippen LogP contribution in [0.5, 0.6) is 5.75 Å². The number of benzene rings is 2. The van der Waals surface area contributed by atoms with Crippen molar-refractivity contribution in [3.8, 4) is 17.0 Å². The van der Waals surface area contributed by atoms with Crippen molar-refractivity contribution in [3.05, 3.63) is 59.7 Å².